The average molecular weight is 457 g/mol. The maximum atomic E-state index is 11.2. The average Bonchev–Trinajstić information content (AvgIpc) is 2.75. The molecule has 6 atom stereocenters. The largest absolute Gasteiger partial charge is 1.00 e. The molecule has 3 rings (SSSR count). The number of carboxylic acids is 1. The first-order chi connectivity index (χ1) is 14.8. The fourth-order valence-corrected chi connectivity index (χ4v) is 3.36. The van der Waals surface area contributed by atoms with Crippen molar-refractivity contribution < 1.29 is 69.0 Å². The summed E-state index contributed by atoms with van der Waals surface area (Å²) < 4.78 is 16.9. The van der Waals surface area contributed by atoms with Crippen molar-refractivity contribution in [2.75, 3.05) is 13.2 Å². The van der Waals surface area contributed by atoms with Gasteiger partial charge in [0.1, 0.15) is 42.9 Å². The zero-order chi connectivity index (χ0) is 22.5. The van der Waals surface area contributed by atoms with E-state index in [2.05, 4.69) is 5.32 Å². The van der Waals surface area contributed by atoms with Crippen molar-refractivity contribution >= 4 is 16.7 Å². The summed E-state index contributed by atoms with van der Waals surface area (Å²) in [5.41, 5.74) is 0. The van der Waals surface area contributed by atoms with Gasteiger partial charge in [0.2, 0.25) is 0 Å². The van der Waals surface area contributed by atoms with Crippen molar-refractivity contribution in [2.24, 2.45) is 0 Å². The van der Waals surface area contributed by atoms with Crippen LogP contribution in [0.4, 0.5) is 0 Å². The number of rotatable bonds is 9. The van der Waals surface area contributed by atoms with E-state index in [1.807, 2.05) is 56.3 Å². The van der Waals surface area contributed by atoms with Crippen LogP contribution < -0.4 is 44.7 Å². The van der Waals surface area contributed by atoms with Crippen LogP contribution in [0.5, 0.6) is 5.75 Å². The third kappa shape index (κ3) is 6.63. The second kappa shape index (κ2) is 12.3. The van der Waals surface area contributed by atoms with Crippen molar-refractivity contribution in [3.63, 3.8) is 0 Å². The van der Waals surface area contributed by atoms with Gasteiger partial charge in [-0.25, -0.2) is 0 Å². The fourth-order valence-electron chi connectivity index (χ4n) is 3.36. The third-order valence-corrected chi connectivity index (χ3v) is 5.06. The molecule has 1 unspecified atom stereocenters. The Kier molecular flexibility index (Phi) is 10.3. The molecule has 1 saturated heterocycles. The van der Waals surface area contributed by atoms with Gasteiger partial charge in [0.25, 0.3) is 0 Å². The van der Waals surface area contributed by atoms with Gasteiger partial charge in [-0.3, -0.25) is 0 Å². The summed E-state index contributed by atoms with van der Waals surface area (Å²) in [5.74, 6) is -1.07. The molecule has 2 aromatic carbocycles. The van der Waals surface area contributed by atoms with Crippen LogP contribution in [0.2, 0.25) is 0 Å². The molecular formula is C22H28NNaO8. The van der Waals surface area contributed by atoms with Crippen LogP contribution >= 0.6 is 0 Å². The van der Waals surface area contributed by atoms with Crippen molar-refractivity contribution in [3.05, 3.63) is 42.5 Å². The Hall–Kier alpha value is -1.27. The molecule has 4 N–H and O–H groups in total. The topological polar surface area (TPSA) is 141 Å². The van der Waals surface area contributed by atoms with E-state index < -0.39 is 42.8 Å². The monoisotopic (exact) mass is 457 g/mol. The Labute approximate surface area is 208 Å². The molecule has 10 heteroatoms. The molecular weight excluding hydrogens is 429 g/mol. The van der Waals surface area contributed by atoms with E-state index in [4.69, 9.17) is 14.2 Å². The first-order valence-corrected chi connectivity index (χ1v) is 10.2. The normalized spacial score (nSPS) is 26.5. The van der Waals surface area contributed by atoms with Gasteiger partial charge in [0.05, 0.1) is 5.97 Å². The number of ether oxygens (including phenoxy) is 3. The number of hydrogen-bond donors (Lipinski definition) is 4. The number of fused-ring (bicyclic) bond motifs is 1. The summed E-state index contributed by atoms with van der Waals surface area (Å²) >= 11 is 0. The van der Waals surface area contributed by atoms with Crippen LogP contribution in [-0.4, -0.2) is 77.3 Å². The number of nitrogens with one attached hydrogen (secondary N) is 1. The molecule has 0 aliphatic carbocycles. The smallest absolute Gasteiger partial charge is 0.547 e. The van der Waals surface area contributed by atoms with E-state index in [0.29, 0.717) is 12.3 Å². The van der Waals surface area contributed by atoms with E-state index in [1.54, 1.807) is 0 Å². The maximum Gasteiger partial charge on any atom is 1.00 e. The standard InChI is InChI=1S/C22H29NO8.Na/c1-12(2)23-10-14(11-29-16-9-5-7-13-6-3-4-8-15(13)16)30-22-19(26)17(24)18(25)20(31-22)21(27)28;/h3-9,12,14,17-20,22-26H,10-11H2,1-2H3,(H,27,28);/q;+1/p-1/t14?,17-,18-,19+,20-,22+;/m0./s1. The molecule has 1 fully saturated rings. The Bertz CT molecular complexity index is 877. The van der Waals surface area contributed by atoms with Gasteiger partial charge >= 0.3 is 29.6 Å². The van der Waals surface area contributed by atoms with E-state index in [0.717, 1.165) is 10.8 Å². The number of aliphatic hydroxyl groups is 3. The third-order valence-electron chi connectivity index (χ3n) is 5.06. The Balaban J connectivity index is 0.00000363. The molecule has 0 saturated carbocycles. The molecule has 1 heterocycles. The number of aliphatic carboxylic acids is 1. The zero-order valence-corrected chi connectivity index (χ0v) is 20.4. The molecule has 0 spiro atoms. The summed E-state index contributed by atoms with van der Waals surface area (Å²) in [5, 5.41) is 46.4. The second-order valence-corrected chi connectivity index (χ2v) is 7.83. The molecule has 1 aliphatic rings. The molecule has 0 amide bonds. The van der Waals surface area contributed by atoms with Crippen LogP contribution in [0, 0.1) is 0 Å². The Morgan fingerprint density at radius 2 is 1.78 bits per heavy atom. The number of hydrogen-bond acceptors (Lipinski definition) is 9. The quantitative estimate of drug-likeness (QED) is 0.279. The van der Waals surface area contributed by atoms with Crippen LogP contribution in [0.15, 0.2) is 42.5 Å². The molecule has 1 aliphatic heterocycles. The SMILES string of the molecule is CC(C)NCC(COc1cccc2ccccc12)O[C@@H]1O[C@H](C(=O)[O-])[C@@H](O)[C@H](O)[C@H]1O.[Na+]. The molecule has 9 nitrogen and oxygen atoms in total. The van der Waals surface area contributed by atoms with E-state index in [1.165, 1.54) is 0 Å². The van der Waals surface area contributed by atoms with Gasteiger partial charge in [0.15, 0.2) is 6.29 Å². The zero-order valence-electron chi connectivity index (χ0n) is 18.4. The molecule has 0 bridgehead atoms. The summed E-state index contributed by atoms with van der Waals surface area (Å²) in [7, 11) is 0. The molecule has 32 heavy (non-hydrogen) atoms. The van der Waals surface area contributed by atoms with Gasteiger partial charge in [-0.15, -0.1) is 0 Å². The molecule has 2 aromatic rings. The van der Waals surface area contributed by atoms with Crippen LogP contribution in [-0.2, 0) is 14.3 Å². The van der Waals surface area contributed by atoms with Crippen LogP contribution in [0.3, 0.4) is 0 Å². The molecule has 0 aromatic heterocycles. The minimum atomic E-state index is -1.83. The van der Waals surface area contributed by atoms with Crippen molar-refractivity contribution in [1.29, 1.82) is 0 Å². The predicted molar refractivity (Wildman–Crippen MR) is 109 cm³/mol. The van der Waals surface area contributed by atoms with Gasteiger partial charge in [-0.1, -0.05) is 50.2 Å². The Morgan fingerprint density at radius 3 is 2.47 bits per heavy atom. The van der Waals surface area contributed by atoms with Gasteiger partial charge in [-0.2, -0.15) is 0 Å². The summed E-state index contributed by atoms with van der Waals surface area (Å²) in [6, 6.07) is 13.5. The van der Waals surface area contributed by atoms with Gasteiger partial charge in [-0.05, 0) is 11.5 Å². The van der Waals surface area contributed by atoms with Crippen molar-refractivity contribution in [3.8, 4) is 5.75 Å². The van der Waals surface area contributed by atoms with Crippen molar-refractivity contribution in [1.82, 2.24) is 5.32 Å². The van der Waals surface area contributed by atoms with Crippen LogP contribution in [0.1, 0.15) is 13.8 Å². The maximum absolute atomic E-state index is 11.2. The van der Waals surface area contributed by atoms with Gasteiger partial charge in [0, 0.05) is 18.0 Å². The second-order valence-electron chi connectivity index (χ2n) is 7.83. The number of carbonyl (C=O) groups excluding carboxylic acids is 1. The predicted octanol–water partition coefficient (Wildman–Crippen LogP) is -3.84. The van der Waals surface area contributed by atoms with Gasteiger partial charge < -0.3 is 44.7 Å². The van der Waals surface area contributed by atoms with Crippen molar-refractivity contribution in [2.45, 2.75) is 56.7 Å². The number of carboxylic acid groups (broad SMARTS) is 1. The van der Waals surface area contributed by atoms with E-state index >= 15 is 0 Å². The Morgan fingerprint density at radius 1 is 1.09 bits per heavy atom. The fraction of sp³-hybridized carbons (Fsp3) is 0.500. The van der Waals surface area contributed by atoms with E-state index in [-0.39, 0.29) is 42.2 Å². The van der Waals surface area contributed by atoms with Crippen LogP contribution in [0.25, 0.3) is 10.8 Å². The minimum Gasteiger partial charge on any atom is -0.547 e. The first kappa shape index (κ1) is 27.0. The van der Waals surface area contributed by atoms with E-state index in [9.17, 15) is 25.2 Å². The summed E-state index contributed by atoms with van der Waals surface area (Å²) in [4.78, 5) is 11.2. The minimum absolute atomic E-state index is 0. The summed E-state index contributed by atoms with van der Waals surface area (Å²) in [6.45, 7) is 4.26. The molecule has 0 radical (unpaired) electrons. The number of carbonyl (C=O) groups is 1. The molecule has 170 valence electrons. The number of aliphatic hydroxyl groups excluding tert-OH is 3. The first-order valence-electron chi connectivity index (χ1n) is 10.2. The summed E-state index contributed by atoms with van der Waals surface area (Å²) in [6.07, 6.45) is -9.23. The number of benzene rings is 2.